The van der Waals surface area contributed by atoms with Crippen LogP contribution in [-0.2, 0) is 0 Å². The first-order chi connectivity index (χ1) is 14.6. The van der Waals surface area contributed by atoms with Gasteiger partial charge in [0, 0.05) is 17.7 Å². The van der Waals surface area contributed by atoms with Crippen LogP contribution in [0.1, 0.15) is 60.7 Å². The van der Waals surface area contributed by atoms with Gasteiger partial charge in [-0.25, -0.2) is 9.50 Å². The van der Waals surface area contributed by atoms with Gasteiger partial charge in [0.25, 0.3) is 5.91 Å². The number of carbonyl (C=O) groups excluding carboxylic acids is 1. The topological polar surface area (TPSA) is 98.2 Å². The van der Waals surface area contributed by atoms with E-state index in [0.29, 0.717) is 23.0 Å². The summed E-state index contributed by atoms with van der Waals surface area (Å²) >= 11 is 0. The van der Waals surface area contributed by atoms with E-state index in [1.54, 1.807) is 16.9 Å². The van der Waals surface area contributed by atoms with E-state index in [4.69, 9.17) is 4.52 Å². The number of hydrogen-bond donors (Lipinski definition) is 1. The van der Waals surface area contributed by atoms with Crippen molar-refractivity contribution in [1.82, 2.24) is 30.1 Å². The van der Waals surface area contributed by atoms with E-state index < -0.39 is 0 Å². The molecule has 1 aliphatic carbocycles. The van der Waals surface area contributed by atoms with Crippen LogP contribution in [0.25, 0.3) is 16.9 Å². The van der Waals surface area contributed by atoms with Crippen molar-refractivity contribution in [3.8, 4) is 11.3 Å². The molecule has 0 radical (unpaired) electrons. The van der Waals surface area contributed by atoms with Crippen LogP contribution in [0, 0.1) is 5.92 Å². The Kier molecular flexibility index (Phi) is 4.54. The summed E-state index contributed by atoms with van der Waals surface area (Å²) < 4.78 is 7.15. The second-order valence-corrected chi connectivity index (χ2v) is 7.95. The van der Waals surface area contributed by atoms with Crippen LogP contribution < -0.4 is 5.32 Å². The van der Waals surface area contributed by atoms with Crippen molar-refractivity contribution in [1.29, 1.82) is 0 Å². The monoisotopic (exact) mass is 402 g/mol. The Morgan fingerprint density at radius 3 is 2.73 bits per heavy atom. The van der Waals surface area contributed by atoms with Gasteiger partial charge in [-0.2, -0.15) is 10.1 Å². The zero-order chi connectivity index (χ0) is 20.7. The quantitative estimate of drug-likeness (QED) is 0.527. The maximum atomic E-state index is 13.1. The molecule has 1 atom stereocenters. The number of aromatic nitrogens is 5. The van der Waals surface area contributed by atoms with Gasteiger partial charge in [0.05, 0.1) is 11.9 Å². The lowest BCUT2D eigenvalue weighted by atomic mass is 10.0. The fourth-order valence-electron chi connectivity index (χ4n) is 3.49. The highest BCUT2D eigenvalue weighted by atomic mass is 16.5. The van der Waals surface area contributed by atoms with Gasteiger partial charge < -0.3 is 9.84 Å². The Bertz CT molecular complexity index is 1190. The standard InChI is InChI=1S/C22H22N6O2/c1-13(2)18(22-26-19(27-30-22)15-8-9-15)25-21(29)16-12-24-28-17(10-11-23-20(16)28)14-6-4-3-5-7-14/h3-7,10-13,15,18H,8-9H2,1-2H3,(H,25,29). The molecule has 3 aromatic heterocycles. The van der Waals surface area contributed by atoms with Crippen molar-refractivity contribution in [2.75, 3.05) is 0 Å². The molecule has 0 bridgehead atoms. The van der Waals surface area contributed by atoms with Crippen LogP contribution >= 0.6 is 0 Å². The van der Waals surface area contributed by atoms with E-state index in [-0.39, 0.29) is 17.9 Å². The molecule has 1 aromatic carbocycles. The van der Waals surface area contributed by atoms with Crippen molar-refractivity contribution in [3.63, 3.8) is 0 Å². The number of rotatable bonds is 6. The van der Waals surface area contributed by atoms with Crippen LogP contribution in [0.3, 0.4) is 0 Å². The van der Waals surface area contributed by atoms with Crippen LogP contribution in [0.2, 0.25) is 0 Å². The third-order valence-electron chi connectivity index (χ3n) is 5.33. The second-order valence-electron chi connectivity index (χ2n) is 7.95. The van der Waals surface area contributed by atoms with Gasteiger partial charge in [0.2, 0.25) is 5.89 Å². The normalized spacial score (nSPS) is 14.9. The molecule has 0 spiro atoms. The highest BCUT2D eigenvalue weighted by Crippen LogP contribution is 2.38. The lowest BCUT2D eigenvalue weighted by molar-refractivity contribution is 0.0915. The average molecular weight is 402 g/mol. The second kappa shape index (κ2) is 7.37. The summed E-state index contributed by atoms with van der Waals surface area (Å²) in [4.78, 5) is 22.0. The molecule has 0 aliphatic heterocycles. The summed E-state index contributed by atoms with van der Waals surface area (Å²) in [7, 11) is 0. The number of carbonyl (C=O) groups is 1. The number of amides is 1. The average Bonchev–Trinajstić information content (AvgIpc) is 3.33. The minimum atomic E-state index is -0.384. The smallest absolute Gasteiger partial charge is 0.257 e. The van der Waals surface area contributed by atoms with Gasteiger partial charge in [-0.05, 0) is 24.8 Å². The number of nitrogens with one attached hydrogen (secondary N) is 1. The lowest BCUT2D eigenvalue weighted by Gasteiger charge is -2.18. The van der Waals surface area contributed by atoms with E-state index in [0.717, 1.165) is 29.9 Å². The van der Waals surface area contributed by atoms with E-state index in [9.17, 15) is 4.79 Å². The zero-order valence-corrected chi connectivity index (χ0v) is 16.8. The molecule has 3 heterocycles. The molecule has 1 aliphatic rings. The summed E-state index contributed by atoms with van der Waals surface area (Å²) in [5, 5.41) is 11.5. The van der Waals surface area contributed by atoms with Gasteiger partial charge in [0.1, 0.15) is 11.6 Å². The summed E-state index contributed by atoms with van der Waals surface area (Å²) in [6.07, 6.45) is 5.42. The molecule has 4 aromatic rings. The van der Waals surface area contributed by atoms with Crippen LogP contribution in [0.15, 0.2) is 53.3 Å². The van der Waals surface area contributed by atoms with Gasteiger partial charge >= 0.3 is 0 Å². The van der Waals surface area contributed by atoms with Crippen molar-refractivity contribution >= 4 is 11.6 Å². The van der Waals surface area contributed by atoms with Gasteiger partial charge in [0.15, 0.2) is 11.5 Å². The van der Waals surface area contributed by atoms with Crippen LogP contribution in [-0.4, -0.2) is 30.6 Å². The molecule has 30 heavy (non-hydrogen) atoms. The fraction of sp³-hybridized carbons (Fsp3) is 0.318. The molecule has 8 heteroatoms. The molecular formula is C22H22N6O2. The summed E-state index contributed by atoms with van der Waals surface area (Å²) in [5.41, 5.74) is 2.77. The Balaban J connectivity index is 1.45. The molecule has 152 valence electrons. The van der Waals surface area contributed by atoms with Crippen molar-refractivity contribution < 1.29 is 9.32 Å². The highest BCUT2D eigenvalue weighted by Gasteiger charge is 2.32. The van der Waals surface area contributed by atoms with E-state index in [2.05, 4.69) is 25.5 Å². The fourth-order valence-corrected chi connectivity index (χ4v) is 3.49. The minimum Gasteiger partial charge on any atom is -0.340 e. The lowest BCUT2D eigenvalue weighted by Crippen LogP contribution is -2.32. The number of hydrogen-bond acceptors (Lipinski definition) is 6. The van der Waals surface area contributed by atoms with E-state index >= 15 is 0 Å². The Labute approximate surface area is 173 Å². The number of nitrogens with zero attached hydrogens (tertiary/aromatic N) is 5. The van der Waals surface area contributed by atoms with Crippen molar-refractivity contribution in [2.45, 2.75) is 38.6 Å². The Morgan fingerprint density at radius 2 is 2.00 bits per heavy atom. The molecule has 1 amide bonds. The predicted octanol–water partition coefficient (Wildman–Crippen LogP) is 3.78. The molecule has 1 fully saturated rings. The maximum absolute atomic E-state index is 13.1. The summed E-state index contributed by atoms with van der Waals surface area (Å²) in [5.74, 6) is 1.37. The third-order valence-corrected chi connectivity index (χ3v) is 5.33. The number of fused-ring (bicyclic) bond motifs is 1. The molecule has 1 saturated carbocycles. The molecule has 8 nitrogen and oxygen atoms in total. The Hall–Kier alpha value is -3.55. The summed E-state index contributed by atoms with van der Waals surface area (Å²) in [6, 6.07) is 11.4. The third kappa shape index (κ3) is 3.34. The first-order valence-electron chi connectivity index (χ1n) is 10.1. The van der Waals surface area contributed by atoms with Crippen molar-refractivity contribution in [3.05, 3.63) is 66.1 Å². The van der Waals surface area contributed by atoms with Gasteiger partial charge in [-0.1, -0.05) is 49.3 Å². The minimum absolute atomic E-state index is 0.0798. The SMILES string of the molecule is CC(C)C(NC(=O)c1cnn2c(-c3ccccc3)ccnc12)c1nc(C2CC2)no1. The molecule has 1 N–H and O–H groups in total. The predicted molar refractivity (Wildman–Crippen MR) is 110 cm³/mol. The molecule has 5 rings (SSSR count). The zero-order valence-electron chi connectivity index (χ0n) is 16.8. The first kappa shape index (κ1) is 18.5. The summed E-state index contributed by atoms with van der Waals surface area (Å²) in [6.45, 7) is 4.02. The highest BCUT2D eigenvalue weighted by molar-refractivity contribution is 6.00. The van der Waals surface area contributed by atoms with Crippen LogP contribution in [0.5, 0.6) is 0 Å². The first-order valence-corrected chi connectivity index (χ1v) is 10.1. The number of benzene rings is 1. The van der Waals surface area contributed by atoms with Crippen LogP contribution in [0.4, 0.5) is 0 Å². The maximum Gasteiger partial charge on any atom is 0.257 e. The van der Waals surface area contributed by atoms with Gasteiger partial charge in [-0.3, -0.25) is 4.79 Å². The van der Waals surface area contributed by atoms with Crippen molar-refractivity contribution in [2.24, 2.45) is 5.92 Å². The van der Waals surface area contributed by atoms with E-state index in [1.165, 1.54) is 0 Å². The van der Waals surface area contributed by atoms with Gasteiger partial charge in [-0.15, -0.1) is 0 Å². The molecule has 0 saturated heterocycles. The Morgan fingerprint density at radius 1 is 1.20 bits per heavy atom. The largest absolute Gasteiger partial charge is 0.340 e. The molecular weight excluding hydrogens is 380 g/mol. The molecule has 1 unspecified atom stereocenters. The van der Waals surface area contributed by atoms with E-state index in [1.807, 2.05) is 50.2 Å².